The lowest BCUT2D eigenvalue weighted by Gasteiger charge is -2.24. The number of amides is 1. The number of carbonyl (C=O) groups excluding carboxylic acids is 2. The molecule has 0 bridgehead atoms. The predicted octanol–water partition coefficient (Wildman–Crippen LogP) is 2.16. The molecule has 1 atom stereocenters. The molecule has 1 aliphatic rings. The molecule has 3 rings (SSSR count). The summed E-state index contributed by atoms with van der Waals surface area (Å²) in [5, 5.41) is 2.76. The van der Waals surface area contributed by atoms with Gasteiger partial charge in [0.1, 0.15) is 18.4 Å². The number of aromatic nitrogens is 1. The van der Waals surface area contributed by atoms with Gasteiger partial charge in [-0.1, -0.05) is 18.2 Å². The Labute approximate surface area is 134 Å². The summed E-state index contributed by atoms with van der Waals surface area (Å²) < 4.78 is 5.54. The molecular weight excluding hydrogens is 292 g/mol. The largest absolute Gasteiger partial charge is 0.490 e. The van der Waals surface area contributed by atoms with Crippen LogP contribution in [0.25, 0.3) is 0 Å². The standard InChI is InChI=1S/C18H18N2O3/c21-17(10-5-7-13-6-3-4-11-19-13)20-15-12-23-16-9-2-1-8-14(16)18(15)22/h1-4,6,8-9,11,15H,5,7,10,12H2,(H,20,21). The highest BCUT2D eigenvalue weighted by molar-refractivity contribution is 6.04. The fraction of sp³-hybridized carbons (Fsp3) is 0.278. The van der Waals surface area contributed by atoms with Crippen LogP contribution in [0.15, 0.2) is 48.7 Å². The second-order valence-electron chi connectivity index (χ2n) is 5.47. The van der Waals surface area contributed by atoms with E-state index in [-0.39, 0.29) is 18.3 Å². The topological polar surface area (TPSA) is 68.3 Å². The number of nitrogens with one attached hydrogen (secondary N) is 1. The number of pyridine rings is 1. The van der Waals surface area contributed by atoms with Gasteiger partial charge in [-0.15, -0.1) is 0 Å². The Balaban J connectivity index is 1.50. The monoisotopic (exact) mass is 310 g/mol. The SMILES string of the molecule is O=C(CCCc1ccccn1)NC1COc2ccccc2C1=O. The fourth-order valence-corrected chi connectivity index (χ4v) is 2.58. The normalized spacial score (nSPS) is 16.3. The van der Waals surface area contributed by atoms with Crippen molar-refractivity contribution in [1.82, 2.24) is 10.3 Å². The van der Waals surface area contributed by atoms with Crippen molar-refractivity contribution in [2.24, 2.45) is 0 Å². The Bertz CT molecular complexity index is 700. The first kappa shape index (κ1) is 15.2. The lowest BCUT2D eigenvalue weighted by molar-refractivity contribution is -0.121. The molecule has 118 valence electrons. The van der Waals surface area contributed by atoms with Crippen LogP contribution < -0.4 is 10.1 Å². The molecule has 23 heavy (non-hydrogen) atoms. The molecule has 1 aromatic carbocycles. The Morgan fingerprint density at radius 3 is 2.87 bits per heavy atom. The van der Waals surface area contributed by atoms with Gasteiger partial charge in [0.25, 0.3) is 0 Å². The van der Waals surface area contributed by atoms with Gasteiger partial charge in [0, 0.05) is 18.3 Å². The third-order valence-electron chi connectivity index (χ3n) is 3.77. The minimum absolute atomic E-state index is 0.0927. The second kappa shape index (κ2) is 7.05. The molecular formula is C18H18N2O3. The van der Waals surface area contributed by atoms with Crippen LogP contribution in [0.3, 0.4) is 0 Å². The van der Waals surface area contributed by atoms with Gasteiger partial charge in [-0.3, -0.25) is 14.6 Å². The molecule has 1 N–H and O–H groups in total. The van der Waals surface area contributed by atoms with Crippen LogP contribution in [0, 0.1) is 0 Å². The first-order valence-electron chi connectivity index (χ1n) is 7.69. The zero-order valence-electron chi connectivity index (χ0n) is 12.7. The molecule has 0 saturated carbocycles. The number of aryl methyl sites for hydroxylation is 1. The number of ketones is 1. The lowest BCUT2D eigenvalue weighted by atomic mass is 10.0. The van der Waals surface area contributed by atoms with Crippen LogP contribution in [0.1, 0.15) is 28.9 Å². The predicted molar refractivity (Wildman–Crippen MR) is 85.4 cm³/mol. The summed E-state index contributed by atoms with van der Waals surface area (Å²) in [5.41, 5.74) is 1.49. The van der Waals surface area contributed by atoms with Crippen LogP contribution in [0.4, 0.5) is 0 Å². The van der Waals surface area contributed by atoms with E-state index in [4.69, 9.17) is 4.74 Å². The molecule has 1 amide bonds. The number of benzene rings is 1. The number of ether oxygens (including phenoxy) is 1. The van der Waals surface area contributed by atoms with E-state index in [2.05, 4.69) is 10.3 Å². The molecule has 5 nitrogen and oxygen atoms in total. The quantitative estimate of drug-likeness (QED) is 0.919. The van der Waals surface area contributed by atoms with E-state index in [1.54, 1.807) is 24.4 Å². The number of carbonyl (C=O) groups is 2. The molecule has 1 aromatic heterocycles. The fourth-order valence-electron chi connectivity index (χ4n) is 2.58. The third kappa shape index (κ3) is 3.74. The van der Waals surface area contributed by atoms with Crippen molar-refractivity contribution in [2.75, 3.05) is 6.61 Å². The molecule has 0 saturated heterocycles. The van der Waals surface area contributed by atoms with Crippen LogP contribution in [0.5, 0.6) is 5.75 Å². The van der Waals surface area contributed by atoms with E-state index in [1.165, 1.54) is 0 Å². The number of Topliss-reactive ketones (excluding diaryl/α,β-unsaturated/α-hetero) is 1. The average Bonchev–Trinajstić information content (AvgIpc) is 2.59. The maximum Gasteiger partial charge on any atom is 0.220 e. The molecule has 1 unspecified atom stereocenters. The molecule has 0 radical (unpaired) electrons. The molecule has 1 aliphatic heterocycles. The van der Waals surface area contributed by atoms with Crippen LogP contribution in [-0.4, -0.2) is 29.3 Å². The van der Waals surface area contributed by atoms with Crippen molar-refractivity contribution in [2.45, 2.75) is 25.3 Å². The smallest absolute Gasteiger partial charge is 0.220 e. The van der Waals surface area contributed by atoms with Gasteiger partial charge in [0.05, 0.1) is 5.56 Å². The Morgan fingerprint density at radius 2 is 2.04 bits per heavy atom. The van der Waals surface area contributed by atoms with Crippen molar-refractivity contribution in [3.8, 4) is 5.75 Å². The maximum atomic E-state index is 12.3. The van der Waals surface area contributed by atoms with Crippen molar-refractivity contribution < 1.29 is 14.3 Å². The molecule has 5 heteroatoms. The number of hydrogen-bond acceptors (Lipinski definition) is 4. The lowest BCUT2D eigenvalue weighted by Crippen LogP contribution is -2.47. The van der Waals surface area contributed by atoms with E-state index < -0.39 is 6.04 Å². The minimum Gasteiger partial charge on any atom is -0.490 e. The third-order valence-corrected chi connectivity index (χ3v) is 3.77. The Hall–Kier alpha value is -2.69. The van der Waals surface area contributed by atoms with E-state index in [9.17, 15) is 9.59 Å². The van der Waals surface area contributed by atoms with E-state index >= 15 is 0 Å². The second-order valence-corrected chi connectivity index (χ2v) is 5.47. The maximum absolute atomic E-state index is 12.3. The molecule has 0 aliphatic carbocycles. The molecule has 0 spiro atoms. The van der Waals surface area contributed by atoms with Crippen LogP contribution in [-0.2, 0) is 11.2 Å². The first-order chi connectivity index (χ1) is 11.2. The number of hydrogen-bond donors (Lipinski definition) is 1. The summed E-state index contributed by atoms with van der Waals surface area (Å²) in [6.07, 6.45) is 3.54. The number of para-hydroxylation sites is 1. The van der Waals surface area contributed by atoms with Gasteiger partial charge in [-0.2, -0.15) is 0 Å². The zero-order valence-corrected chi connectivity index (χ0v) is 12.7. The van der Waals surface area contributed by atoms with Gasteiger partial charge < -0.3 is 10.1 Å². The summed E-state index contributed by atoms with van der Waals surface area (Å²) in [5.74, 6) is 0.352. The molecule has 0 fully saturated rings. The molecule has 2 aromatic rings. The Morgan fingerprint density at radius 1 is 1.22 bits per heavy atom. The van der Waals surface area contributed by atoms with Gasteiger partial charge in [0.15, 0.2) is 5.78 Å². The van der Waals surface area contributed by atoms with Gasteiger partial charge in [-0.25, -0.2) is 0 Å². The highest BCUT2D eigenvalue weighted by Crippen LogP contribution is 2.24. The van der Waals surface area contributed by atoms with E-state index in [0.717, 1.165) is 12.1 Å². The van der Waals surface area contributed by atoms with E-state index in [1.807, 2.05) is 24.3 Å². The van der Waals surface area contributed by atoms with Crippen LogP contribution in [0.2, 0.25) is 0 Å². The highest BCUT2D eigenvalue weighted by Gasteiger charge is 2.29. The Kier molecular flexibility index (Phi) is 4.66. The summed E-state index contributed by atoms with van der Waals surface area (Å²) in [4.78, 5) is 28.6. The van der Waals surface area contributed by atoms with Crippen molar-refractivity contribution in [3.05, 3.63) is 59.9 Å². The molecule has 2 heterocycles. The number of rotatable bonds is 5. The highest BCUT2D eigenvalue weighted by atomic mass is 16.5. The van der Waals surface area contributed by atoms with Gasteiger partial charge >= 0.3 is 0 Å². The van der Waals surface area contributed by atoms with Crippen molar-refractivity contribution in [1.29, 1.82) is 0 Å². The van der Waals surface area contributed by atoms with Gasteiger partial charge in [-0.05, 0) is 37.1 Å². The average molecular weight is 310 g/mol. The number of fused-ring (bicyclic) bond motifs is 1. The van der Waals surface area contributed by atoms with Crippen molar-refractivity contribution in [3.63, 3.8) is 0 Å². The van der Waals surface area contributed by atoms with Crippen molar-refractivity contribution >= 4 is 11.7 Å². The summed E-state index contributed by atoms with van der Waals surface area (Å²) in [6, 6.07) is 12.2. The van der Waals surface area contributed by atoms with Crippen LogP contribution >= 0.6 is 0 Å². The van der Waals surface area contributed by atoms with E-state index in [0.29, 0.717) is 24.2 Å². The summed E-state index contributed by atoms with van der Waals surface area (Å²) >= 11 is 0. The number of nitrogens with zero attached hydrogens (tertiary/aromatic N) is 1. The zero-order chi connectivity index (χ0) is 16.1. The minimum atomic E-state index is -0.604. The first-order valence-corrected chi connectivity index (χ1v) is 7.69. The summed E-state index contributed by atoms with van der Waals surface area (Å²) in [6.45, 7) is 0.182. The summed E-state index contributed by atoms with van der Waals surface area (Å²) in [7, 11) is 0. The van der Waals surface area contributed by atoms with Gasteiger partial charge in [0.2, 0.25) is 5.91 Å².